The minimum absolute atomic E-state index is 0.0404. The van der Waals surface area contributed by atoms with Crippen molar-refractivity contribution in [3.63, 3.8) is 0 Å². The van der Waals surface area contributed by atoms with Crippen LogP contribution in [0.2, 0.25) is 0 Å². The standard InChI is InChI=1S/C19H19F6NO2/c1-10(27)14-7-6-13-15(26-14)8-9-16(17(13)19(23,24)25)28-12-4-2-11(3-5-12)18(20,21)22/h6-12,27H,2-5H2,1H3/t10?,11-,12+. The van der Waals surface area contributed by atoms with E-state index in [2.05, 4.69) is 4.98 Å². The van der Waals surface area contributed by atoms with Gasteiger partial charge < -0.3 is 9.84 Å². The molecule has 28 heavy (non-hydrogen) atoms. The van der Waals surface area contributed by atoms with Crippen LogP contribution in [0, 0.1) is 5.92 Å². The van der Waals surface area contributed by atoms with Crippen molar-refractivity contribution < 1.29 is 36.2 Å². The van der Waals surface area contributed by atoms with Crippen LogP contribution in [-0.4, -0.2) is 22.4 Å². The Morgan fingerprint density at radius 3 is 2.18 bits per heavy atom. The number of aliphatic hydroxyl groups excluding tert-OH is 1. The largest absolute Gasteiger partial charge is 0.490 e. The topological polar surface area (TPSA) is 42.4 Å². The molecule has 1 aliphatic rings. The highest BCUT2D eigenvalue weighted by atomic mass is 19.4. The average molecular weight is 407 g/mol. The van der Waals surface area contributed by atoms with Gasteiger partial charge in [0.2, 0.25) is 0 Å². The van der Waals surface area contributed by atoms with Gasteiger partial charge in [0.25, 0.3) is 0 Å². The van der Waals surface area contributed by atoms with Crippen LogP contribution < -0.4 is 4.74 Å². The average Bonchev–Trinajstić information content (AvgIpc) is 2.59. The van der Waals surface area contributed by atoms with Gasteiger partial charge in [0.1, 0.15) is 11.3 Å². The molecule has 9 heteroatoms. The molecule has 1 atom stereocenters. The van der Waals surface area contributed by atoms with Crippen molar-refractivity contribution in [2.75, 3.05) is 0 Å². The fourth-order valence-corrected chi connectivity index (χ4v) is 3.51. The van der Waals surface area contributed by atoms with Crippen LogP contribution in [0.4, 0.5) is 26.3 Å². The van der Waals surface area contributed by atoms with E-state index in [0.717, 1.165) is 6.07 Å². The molecule has 1 N–H and O–H groups in total. The number of pyridine rings is 1. The van der Waals surface area contributed by atoms with Crippen LogP contribution in [0.3, 0.4) is 0 Å². The Morgan fingerprint density at radius 2 is 1.64 bits per heavy atom. The summed E-state index contributed by atoms with van der Waals surface area (Å²) in [6.45, 7) is 1.45. The van der Waals surface area contributed by atoms with Gasteiger partial charge in [-0.05, 0) is 50.8 Å². The highest BCUT2D eigenvalue weighted by Gasteiger charge is 2.42. The van der Waals surface area contributed by atoms with E-state index in [1.807, 2.05) is 0 Å². The number of fused-ring (bicyclic) bond motifs is 1. The zero-order chi connectivity index (χ0) is 20.7. The number of alkyl halides is 6. The Hall–Kier alpha value is -2.03. The van der Waals surface area contributed by atoms with Gasteiger partial charge in [-0.3, -0.25) is 4.98 Å². The minimum Gasteiger partial charge on any atom is -0.490 e. The van der Waals surface area contributed by atoms with Gasteiger partial charge in [0, 0.05) is 5.39 Å². The number of rotatable bonds is 3. The molecule has 3 rings (SSSR count). The van der Waals surface area contributed by atoms with Crippen LogP contribution in [0.15, 0.2) is 24.3 Å². The first kappa shape index (κ1) is 20.7. The molecule has 1 aliphatic carbocycles. The number of benzene rings is 1. The number of aliphatic hydroxyl groups is 1. The molecule has 0 amide bonds. The zero-order valence-corrected chi connectivity index (χ0v) is 14.9. The molecular weight excluding hydrogens is 388 g/mol. The lowest BCUT2D eigenvalue weighted by Crippen LogP contribution is -2.32. The normalized spacial score (nSPS) is 22.3. The number of nitrogens with zero attached hydrogens (tertiary/aromatic N) is 1. The predicted octanol–water partition coefficient (Wildman–Crippen LogP) is 5.81. The molecular formula is C19H19F6NO2. The van der Waals surface area contributed by atoms with Gasteiger partial charge in [-0.1, -0.05) is 6.07 Å². The monoisotopic (exact) mass is 407 g/mol. The van der Waals surface area contributed by atoms with Crippen molar-refractivity contribution in [3.05, 3.63) is 35.5 Å². The van der Waals surface area contributed by atoms with E-state index in [9.17, 15) is 31.4 Å². The van der Waals surface area contributed by atoms with E-state index in [1.165, 1.54) is 25.1 Å². The summed E-state index contributed by atoms with van der Waals surface area (Å²) in [5, 5.41) is 9.39. The van der Waals surface area contributed by atoms with Crippen molar-refractivity contribution in [3.8, 4) is 5.75 Å². The maximum Gasteiger partial charge on any atom is 0.420 e. The Kier molecular flexibility index (Phi) is 5.49. The fourth-order valence-electron chi connectivity index (χ4n) is 3.51. The second-order valence-corrected chi connectivity index (χ2v) is 7.05. The SMILES string of the molecule is CC(O)c1ccc2c(C(F)(F)F)c(O[C@H]3CC[C@@H](C(F)(F)F)CC3)ccc2n1. The summed E-state index contributed by atoms with van der Waals surface area (Å²) in [5.74, 6) is -1.85. The summed E-state index contributed by atoms with van der Waals surface area (Å²) in [7, 11) is 0. The summed E-state index contributed by atoms with van der Waals surface area (Å²) >= 11 is 0. The van der Waals surface area contributed by atoms with Crippen molar-refractivity contribution in [1.82, 2.24) is 4.98 Å². The number of ether oxygens (including phenoxy) is 1. The Morgan fingerprint density at radius 1 is 1.00 bits per heavy atom. The van der Waals surface area contributed by atoms with Crippen LogP contribution in [0.25, 0.3) is 10.9 Å². The first-order chi connectivity index (χ1) is 13.0. The lowest BCUT2D eigenvalue weighted by Gasteiger charge is -2.31. The molecule has 2 aromatic rings. The van der Waals surface area contributed by atoms with Crippen molar-refractivity contribution in [1.29, 1.82) is 0 Å². The van der Waals surface area contributed by atoms with Crippen LogP contribution in [-0.2, 0) is 6.18 Å². The predicted molar refractivity (Wildman–Crippen MR) is 89.8 cm³/mol. The van der Waals surface area contributed by atoms with E-state index in [-0.39, 0.29) is 42.3 Å². The molecule has 0 saturated heterocycles. The van der Waals surface area contributed by atoms with Gasteiger partial charge in [-0.15, -0.1) is 0 Å². The molecule has 1 saturated carbocycles. The second-order valence-electron chi connectivity index (χ2n) is 7.05. The molecule has 154 valence electrons. The van der Waals surface area contributed by atoms with Gasteiger partial charge in [0.15, 0.2) is 0 Å². The molecule has 0 spiro atoms. The van der Waals surface area contributed by atoms with Crippen molar-refractivity contribution >= 4 is 10.9 Å². The lowest BCUT2D eigenvalue weighted by atomic mass is 9.87. The summed E-state index contributed by atoms with van der Waals surface area (Å²) < 4.78 is 84.9. The van der Waals surface area contributed by atoms with Gasteiger partial charge in [-0.2, -0.15) is 26.3 Å². The quantitative estimate of drug-likeness (QED) is 0.654. The summed E-state index contributed by atoms with van der Waals surface area (Å²) in [5.41, 5.74) is -0.716. The van der Waals surface area contributed by atoms with Gasteiger partial charge in [-0.25, -0.2) is 0 Å². The first-order valence-corrected chi connectivity index (χ1v) is 8.89. The fraction of sp³-hybridized carbons (Fsp3) is 0.526. The number of aromatic nitrogens is 1. The van der Waals surface area contributed by atoms with E-state index < -0.39 is 41.8 Å². The number of hydrogen-bond donors (Lipinski definition) is 1. The van der Waals surface area contributed by atoms with Gasteiger partial charge in [0.05, 0.1) is 29.3 Å². The highest BCUT2D eigenvalue weighted by Crippen LogP contribution is 2.43. The molecule has 1 fully saturated rings. The highest BCUT2D eigenvalue weighted by molar-refractivity contribution is 5.85. The molecule has 1 aromatic heterocycles. The second kappa shape index (κ2) is 7.42. The van der Waals surface area contributed by atoms with E-state index in [4.69, 9.17) is 4.74 Å². The Balaban J connectivity index is 1.90. The third kappa shape index (κ3) is 4.34. The number of halogens is 6. The van der Waals surface area contributed by atoms with E-state index in [0.29, 0.717) is 0 Å². The molecule has 1 heterocycles. The maximum absolute atomic E-state index is 13.7. The smallest absolute Gasteiger partial charge is 0.420 e. The zero-order valence-electron chi connectivity index (χ0n) is 14.9. The molecule has 0 aliphatic heterocycles. The molecule has 3 nitrogen and oxygen atoms in total. The molecule has 0 radical (unpaired) electrons. The summed E-state index contributed by atoms with van der Waals surface area (Å²) in [6.07, 6.45) is -10.9. The molecule has 0 bridgehead atoms. The van der Waals surface area contributed by atoms with Crippen LogP contribution >= 0.6 is 0 Å². The van der Waals surface area contributed by atoms with E-state index >= 15 is 0 Å². The first-order valence-electron chi connectivity index (χ1n) is 8.89. The third-order valence-corrected chi connectivity index (χ3v) is 5.00. The minimum atomic E-state index is -4.73. The summed E-state index contributed by atoms with van der Waals surface area (Å²) in [4.78, 5) is 4.04. The van der Waals surface area contributed by atoms with E-state index in [1.54, 1.807) is 0 Å². The third-order valence-electron chi connectivity index (χ3n) is 5.00. The molecule has 1 aromatic carbocycles. The Labute approximate surface area is 157 Å². The number of hydrogen-bond acceptors (Lipinski definition) is 3. The Bertz CT molecular complexity index is 839. The molecule has 1 unspecified atom stereocenters. The van der Waals surface area contributed by atoms with Crippen molar-refractivity contribution in [2.24, 2.45) is 5.92 Å². The van der Waals surface area contributed by atoms with Crippen LogP contribution in [0.1, 0.15) is 50.0 Å². The maximum atomic E-state index is 13.7. The van der Waals surface area contributed by atoms with Crippen LogP contribution in [0.5, 0.6) is 5.75 Å². The van der Waals surface area contributed by atoms with Gasteiger partial charge >= 0.3 is 12.4 Å². The lowest BCUT2D eigenvalue weighted by molar-refractivity contribution is -0.185. The summed E-state index contributed by atoms with van der Waals surface area (Å²) in [6, 6.07) is 5.02. The van der Waals surface area contributed by atoms with Crippen molar-refractivity contribution in [2.45, 2.75) is 57.2 Å².